The molecule has 0 bridgehead atoms. The zero-order valence-corrected chi connectivity index (χ0v) is 7.91. The summed E-state index contributed by atoms with van der Waals surface area (Å²) in [5, 5.41) is 9.03. The Labute approximate surface area is 85.5 Å². The van der Waals surface area contributed by atoms with E-state index in [4.69, 9.17) is 5.11 Å². The van der Waals surface area contributed by atoms with Crippen LogP contribution in [0.2, 0.25) is 0 Å². The third-order valence-corrected chi connectivity index (χ3v) is 2.81. The smallest absolute Gasteiger partial charge is 0.383 e. The van der Waals surface area contributed by atoms with E-state index >= 15 is 0 Å². The first kappa shape index (κ1) is 10.5. The van der Waals surface area contributed by atoms with Crippen LogP contribution >= 0.6 is 0 Å². The van der Waals surface area contributed by atoms with Crippen molar-refractivity contribution in [2.24, 2.45) is 5.92 Å². The van der Waals surface area contributed by atoms with Crippen molar-refractivity contribution in [3.05, 3.63) is 35.9 Å². The van der Waals surface area contributed by atoms with Crippen LogP contribution in [0.25, 0.3) is 0 Å². The molecular weight excluding hydrogens is 205 g/mol. The van der Waals surface area contributed by atoms with Gasteiger partial charge in [0.25, 0.3) is 0 Å². The van der Waals surface area contributed by atoms with Gasteiger partial charge in [-0.3, -0.25) is 0 Å². The Hall–Kier alpha value is -1.03. The van der Waals surface area contributed by atoms with Crippen molar-refractivity contribution in [1.82, 2.24) is 0 Å². The van der Waals surface area contributed by atoms with Crippen molar-refractivity contribution < 1.29 is 18.3 Å². The van der Waals surface area contributed by atoms with E-state index in [2.05, 4.69) is 0 Å². The molecule has 0 saturated heterocycles. The second kappa shape index (κ2) is 3.52. The van der Waals surface area contributed by atoms with Crippen molar-refractivity contribution >= 4 is 0 Å². The summed E-state index contributed by atoms with van der Waals surface area (Å²) >= 11 is 0. The predicted octanol–water partition coefficient (Wildman–Crippen LogP) is 2.71. The van der Waals surface area contributed by atoms with Gasteiger partial charge < -0.3 is 5.11 Å². The molecule has 0 radical (unpaired) electrons. The second-order valence-corrected chi connectivity index (χ2v) is 3.90. The minimum absolute atomic E-state index is 0.136. The van der Waals surface area contributed by atoms with E-state index in [1.54, 1.807) is 24.3 Å². The van der Waals surface area contributed by atoms with Crippen molar-refractivity contribution in [2.45, 2.75) is 24.6 Å². The van der Waals surface area contributed by atoms with Crippen LogP contribution in [0.15, 0.2) is 30.3 Å². The fourth-order valence-electron chi connectivity index (χ4n) is 1.89. The number of benzene rings is 1. The Bertz CT molecular complexity index is 333. The van der Waals surface area contributed by atoms with Gasteiger partial charge >= 0.3 is 6.18 Å². The molecule has 0 spiro atoms. The standard InChI is InChI=1S/C11H11F3O/c12-11(13,14)10(15)9-6-8(9)7-4-2-1-3-5-7/h1-5,8-10,15H,6H2/t8-,9+,10-/m1/s1. The molecule has 1 aliphatic carbocycles. The van der Waals surface area contributed by atoms with Crippen molar-refractivity contribution in [2.75, 3.05) is 0 Å². The molecule has 4 heteroatoms. The summed E-state index contributed by atoms with van der Waals surface area (Å²) in [5.74, 6) is -0.796. The first-order chi connectivity index (χ1) is 7.00. The minimum atomic E-state index is -4.49. The highest BCUT2D eigenvalue weighted by molar-refractivity contribution is 5.26. The zero-order valence-electron chi connectivity index (χ0n) is 7.91. The van der Waals surface area contributed by atoms with Gasteiger partial charge in [-0.25, -0.2) is 0 Å². The van der Waals surface area contributed by atoms with Crippen molar-refractivity contribution in [1.29, 1.82) is 0 Å². The van der Waals surface area contributed by atoms with Gasteiger partial charge in [-0.1, -0.05) is 30.3 Å². The molecule has 0 aliphatic heterocycles. The highest BCUT2D eigenvalue weighted by Crippen LogP contribution is 2.52. The molecule has 1 nitrogen and oxygen atoms in total. The van der Waals surface area contributed by atoms with E-state index in [9.17, 15) is 13.2 Å². The summed E-state index contributed by atoms with van der Waals surface area (Å²) in [6.45, 7) is 0. The lowest BCUT2D eigenvalue weighted by molar-refractivity contribution is -0.210. The molecule has 1 aromatic rings. The van der Waals surface area contributed by atoms with Crippen LogP contribution in [0.4, 0.5) is 13.2 Å². The highest BCUT2D eigenvalue weighted by Gasteiger charge is 2.54. The molecule has 0 aromatic heterocycles. The Morgan fingerprint density at radius 1 is 1.20 bits per heavy atom. The lowest BCUT2D eigenvalue weighted by Crippen LogP contribution is -2.30. The number of alkyl halides is 3. The Balaban J connectivity index is 2.03. The molecule has 82 valence electrons. The van der Waals surface area contributed by atoms with Crippen LogP contribution in [-0.2, 0) is 0 Å². The minimum Gasteiger partial charge on any atom is -0.383 e. The quantitative estimate of drug-likeness (QED) is 0.805. The lowest BCUT2D eigenvalue weighted by Gasteiger charge is -2.14. The second-order valence-electron chi connectivity index (χ2n) is 3.90. The molecule has 15 heavy (non-hydrogen) atoms. The average molecular weight is 216 g/mol. The Kier molecular flexibility index (Phi) is 2.46. The Morgan fingerprint density at radius 2 is 1.80 bits per heavy atom. The predicted molar refractivity (Wildman–Crippen MR) is 49.4 cm³/mol. The fourth-order valence-corrected chi connectivity index (χ4v) is 1.89. The molecule has 0 unspecified atom stereocenters. The van der Waals surface area contributed by atoms with E-state index < -0.39 is 18.2 Å². The third kappa shape index (κ3) is 2.15. The number of aliphatic hydroxyl groups excluding tert-OH is 1. The average Bonchev–Trinajstić information content (AvgIpc) is 2.96. The first-order valence-corrected chi connectivity index (χ1v) is 4.80. The fraction of sp³-hybridized carbons (Fsp3) is 0.455. The van der Waals surface area contributed by atoms with Gasteiger partial charge in [-0.05, 0) is 17.9 Å². The molecule has 0 amide bonds. The SMILES string of the molecule is O[C@H]([C@H]1C[C@@H]1c1ccccc1)C(F)(F)F. The van der Waals surface area contributed by atoms with Gasteiger partial charge in [-0.15, -0.1) is 0 Å². The van der Waals surface area contributed by atoms with Crippen LogP contribution in [0.3, 0.4) is 0 Å². The topological polar surface area (TPSA) is 20.2 Å². The van der Waals surface area contributed by atoms with Gasteiger partial charge in [0.05, 0.1) is 0 Å². The van der Waals surface area contributed by atoms with E-state index in [0.717, 1.165) is 5.56 Å². The van der Waals surface area contributed by atoms with Crippen molar-refractivity contribution in [3.8, 4) is 0 Å². The summed E-state index contributed by atoms with van der Waals surface area (Å²) < 4.78 is 36.5. The van der Waals surface area contributed by atoms with Gasteiger partial charge in [0, 0.05) is 5.92 Å². The van der Waals surface area contributed by atoms with Crippen LogP contribution < -0.4 is 0 Å². The molecule has 1 fully saturated rings. The summed E-state index contributed by atoms with van der Waals surface area (Å²) in [6.07, 6.45) is -6.25. The molecule has 2 rings (SSSR count). The third-order valence-electron chi connectivity index (χ3n) is 2.81. The molecule has 1 aliphatic rings. The number of hydrogen-bond donors (Lipinski definition) is 1. The maximum atomic E-state index is 12.2. The van der Waals surface area contributed by atoms with Gasteiger partial charge in [0.1, 0.15) is 0 Å². The van der Waals surface area contributed by atoms with E-state index in [-0.39, 0.29) is 5.92 Å². The number of rotatable bonds is 2. The van der Waals surface area contributed by atoms with E-state index in [0.29, 0.717) is 6.42 Å². The molecule has 3 atom stereocenters. The van der Waals surface area contributed by atoms with Gasteiger partial charge in [-0.2, -0.15) is 13.2 Å². The monoisotopic (exact) mass is 216 g/mol. The molecular formula is C11H11F3O. The van der Waals surface area contributed by atoms with Crippen LogP contribution in [0.5, 0.6) is 0 Å². The van der Waals surface area contributed by atoms with Gasteiger partial charge in [0.2, 0.25) is 0 Å². The van der Waals surface area contributed by atoms with Crippen LogP contribution in [0, 0.1) is 5.92 Å². The maximum absolute atomic E-state index is 12.2. The maximum Gasteiger partial charge on any atom is 0.414 e. The Morgan fingerprint density at radius 3 is 2.33 bits per heavy atom. The number of halogens is 3. The molecule has 1 aromatic carbocycles. The van der Waals surface area contributed by atoms with Gasteiger partial charge in [0.15, 0.2) is 6.10 Å². The summed E-state index contributed by atoms with van der Waals surface area (Å²) in [5.41, 5.74) is 0.880. The van der Waals surface area contributed by atoms with Crippen LogP contribution in [-0.4, -0.2) is 17.4 Å². The zero-order chi connectivity index (χ0) is 11.1. The summed E-state index contributed by atoms with van der Waals surface area (Å²) in [6, 6.07) is 9.01. The normalized spacial score (nSPS) is 27.5. The summed E-state index contributed by atoms with van der Waals surface area (Å²) in [4.78, 5) is 0. The first-order valence-electron chi connectivity index (χ1n) is 4.80. The number of hydrogen-bond acceptors (Lipinski definition) is 1. The van der Waals surface area contributed by atoms with Crippen LogP contribution in [0.1, 0.15) is 17.9 Å². The van der Waals surface area contributed by atoms with E-state index in [1.807, 2.05) is 6.07 Å². The highest BCUT2D eigenvalue weighted by atomic mass is 19.4. The number of aliphatic hydroxyl groups is 1. The molecule has 1 saturated carbocycles. The molecule has 0 heterocycles. The lowest BCUT2D eigenvalue weighted by atomic mass is 10.1. The largest absolute Gasteiger partial charge is 0.414 e. The molecule has 1 N–H and O–H groups in total. The van der Waals surface area contributed by atoms with Crippen molar-refractivity contribution in [3.63, 3.8) is 0 Å². The summed E-state index contributed by atoms with van der Waals surface area (Å²) in [7, 11) is 0. The van der Waals surface area contributed by atoms with E-state index in [1.165, 1.54) is 0 Å².